The van der Waals surface area contributed by atoms with E-state index in [0.717, 1.165) is 0 Å². The molecule has 0 unspecified atom stereocenters. The first-order valence-electron chi connectivity index (χ1n) is 7.94. The number of amides is 2. The summed E-state index contributed by atoms with van der Waals surface area (Å²) >= 11 is 1.24. The fourth-order valence-corrected chi connectivity index (χ4v) is 1.92. The van der Waals surface area contributed by atoms with Crippen molar-refractivity contribution in [1.82, 2.24) is 15.5 Å². The van der Waals surface area contributed by atoms with Crippen LogP contribution in [-0.4, -0.2) is 33.4 Å². The Hall–Kier alpha value is -2.61. The molecule has 2 amide bonds. The highest BCUT2D eigenvalue weighted by Gasteiger charge is 2.12. The minimum Gasteiger partial charge on any atom is -0.364 e. The molecular formula is C17H25N5O2S. The zero-order valence-electron chi connectivity index (χ0n) is 15.2. The lowest BCUT2D eigenvalue weighted by Crippen LogP contribution is -2.28. The van der Waals surface area contributed by atoms with Gasteiger partial charge in [0.05, 0.1) is 6.20 Å². The summed E-state index contributed by atoms with van der Waals surface area (Å²) in [6, 6.07) is 8.75. The lowest BCUT2D eigenvalue weighted by molar-refractivity contribution is 0.0975. The molecule has 8 heteroatoms. The van der Waals surface area contributed by atoms with Crippen LogP contribution in [0.25, 0.3) is 0 Å². The summed E-state index contributed by atoms with van der Waals surface area (Å²) in [5.74, 6) is -0.950. The molecular weight excluding hydrogens is 338 g/mol. The topological polar surface area (TPSA) is 113 Å². The van der Waals surface area contributed by atoms with Crippen LogP contribution in [0.4, 0.5) is 5.69 Å². The summed E-state index contributed by atoms with van der Waals surface area (Å²) in [5, 5.41) is 9.19. The highest BCUT2D eigenvalue weighted by Crippen LogP contribution is 2.17. The number of H-pyrrole nitrogens is 1. The Morgan fingerprint density at radius 1 is 1.16 bits per heavy atom. The molecule has 0 atom stereocenters. The number of aromatic amines is 1. The van der Waals surface area contributed by atoms with Crippen molar-refractivity contribution in [3.05, 3.63) is 47.8 Å². The number of hydrogen-bond acceptors (Lipinski definition) is 5. The van der Waals surface area contributed by atoms with Gasteiger partial charge in [0.25, 0.3) is 11.8 Å². The largest absolute Gasteiger partial charge is 0.364 e. The Bertz CT molecular complexity index is 683. The zero-order chi connectivity index (χ0) is 19.2. The van der Waals surface area contributed by atoms with Crippen molar-refractivity contribution in [3.8, 4) is 0 Å². The number of amidine groups is 1. The minimum atomic E-state index is -0.666. The van der Waals surface area contributed by atoms with Crippen LogP contribution < -0.4 is 11.1 Å². The lowest BCUT2D eigenvalue weighted by atomic mass is 10.2. The first-order chi connectivity index (χ1) is 12.1. The van der Waals surface area contributed by atoms with Crippen molar-refractivity contribution in [2.24, 2.45) is 10.7 Å². The molecule has 0 aliphatic heterocycles. The van der Waals surface area contributed by atoms with Crippen LogP contribution in [0, 0.1) is 0 Å². The third kappa shape index (κ3) is 7.21. The number of aliphatic imine (C=N–C) groups is 1. The normalized spacial score (nSPS) is 9.88. The van der Waals surface area contributed by atoms with E-state index in [1.807, 2.05) is 33.8 Å². The van der Waals surface area contributed by atoms with E-state index in [1.54, 1.807) is 30.5 Å². The summed E-state index contributed by atoms with van der Waals surface area (Å²) in [6.45, 7) is 8.00. The number of rotatable bonds is 3. The van der Waals surface area contributed by atoms with Gasteiger partial charge in [0.15, 0.2) is 5.17 Å². The number of carbonyl (C=O) groups is 2. The monoisotopic (exact) mass is 363 g/mol. The maximum atomic E-state index is 12.0. The zero-order valence-corrected chi connectivity index (χ0v) is 16.0. The molecule has 4 N–H and O–H groups in total. The number of nitrogens with two attached hydrogens (primary N) is 1. The van der Waals surface area contributed by atoms with Crippen LogP contribution in [-0.2, 0) is 0 Å². The standard InChI is InChI=1S/C13H13N5O2S.2C2H6/c1-21-13(16-9-7-15-18-10(9)11(14)19)17-12(20)8-5-3-2-4-6-8;2*1-2/h2-7H,1H3,(H2,14,19)(H,15,18)(H,16,17,20);2*1-2H3. The van der Waals surface area contributed by atoms with E-state index in [-0.39, 0.29) is 17.3 Å². The molecule has 2 rings (SSSR count). The molecule has 1 heterocycles. The SMILES string of the molecule is CC.CC.CSC(=Nc1cn[nH]c1C(N)=O)NC(=O)c1ccccc1. The predicted molar refractivity (Wildman–Crippen MR) is 104 cm³/mol. The third-order valence-electron chi connectivity index (χ3n) is 2.54. The fraction of sp³-hybridized carbons (Fsp3) is 0.294. The second-order valence-electron chi connectivity index (χ2n) is 3.94. The second-order valence-corrected chi connectivity index (χ2v) is 4.73. The smallest absolute Gasteiger partial charge is 0.268 e. The van der Waals surface area contributed by atoms with Gasteiger partial charge >= 0.3 is 0 Å². The molecule has 136 valence electrons. The summed E-state index contributed by atoms with van der Waals surface area (Å²) < 4.78 is 0. The molecule has 0 fully saturated rings. The van der Waals surface area contributed by atoms with Gasteiger partial charge in [0.2, 0.25) is 0 Å². The first-order valence-corrected chi connectivity index (χ1v) is 9.16. The molecule has 0 saturated heterocycles. The number of benzene rings is 1. The molecule has 0 bridgehead atoms. The summed E-state index contributed by atoms with van der Waals surface area (Å²) in [4.78, 5) is 27.4. The van der Waals surface area contributed by atoms with Crippen LogP contribution >= 0.6 is 11.8 Å². The van der Waals surface area contributed by atoms with E-state index in [1.165, 1.54) is 18.0 Å². The molecule has 0 radical (unpaired) electrons. The van der Waals surface area contributed by atoms with E-state index in [4.69, 9.17) is 5.73 Å². The van der Waals surface area contributed by atoms with Crippen LogP contribution in [0.5, 0.6) is 0 Å². The number of thioether (sulfide) groups is 1. The molecule has 2 aromatic rings. The Labute approximate surface area is 152 Å². The number of nitrogens with zero attached hydrogens (tertiary/aromatic N) is 2. The maximum absolute atomic E-state index is 12.0. The predicted octanol–water partition coefficient (Wildman–Crippen LogP) is 3.34. The van der Waals surface area contributed by atoms with Gasteiger partial charge in [-0.05, 0) is 18.4 Å². The fourth-order valence-electron chi connectivity index (χ4n) is 1.54. The van der Waals surface area contributed by atoms with Gasteiger partial charge < -0.3 is 11.1 Å². The van der Waals surface area contributed by atoms with Crippen molar-refractivity contribution in [2.75, 3.05) is 6.26 Å². The van der Waals surface area contributed by atoms with Crippen LogP contribution in [0.1, 0.15) is 48.5 Å². The Kier molecular flexibility index (Phi) is 11.4. The van der Waals surface area contributed by atoms with Crippen LogP contribution in [0.2, 0.25) is 0 Å². The van der Waals surface area contributed by atoms with E-state index in [9.17, 15) is 9.59 Å². The quantitative estimate of drug-likeness (QED) is 0.573. The number of carbonyl (C=O) groups excluding carboxylic acids is 2. The van der Waals surface area contributed by atoms with Gasteiger partial charge in [0.1, 0.15) is 11.4 Å². The first kappa shape index (κ1) is 22.4. The Balaban J connectivity index is 0.00000134. The number of nitrogens with one attached hydrogen (secondary N) is 2. The van der Waals surface area contributed by atoms with Crippen molar-refractivity contribution in [2.45, 2.75) is 27.7 Å². The molecule has 1 aromatic heterocycles. The average Bonchev–Trinajstić information content (AvgIpc) is 3.13. The van der Waals surface area contributed by atoms with Gasteiger partial charge in [-0.3, -0.25) is 14.7 Å². The van der Waals surface area contributed by atoms with Crippen LogP contribution in [0.15, 0.2) is 41.5 Å². The van der Waals surface area contributed by atoms with E-state index in [0.29, 0.717) is 10.7 Å². The highest BCUT2D eigenvalue weighted by molar-refractivity contribution is 8.13. The van der Waals surface area contributed by atoms with Crippen molar-refractivity contribution in [1.29, 1.82) is 0 Å². The molecule has 25 heavy (non-hydrogen) atoms. The van der Waals surface area contributed by atoms with E-state index >= 15 is 0 Å². The Morgan fingerprint density at radius 2 is 1.76 bits per heavy atom. The average molecular weight is 363 g/mol. The van der Waals surface area contributed by atoms with E-state index in [2.05, 4.69) is 20.5 Å². The molecule has 0 aliphatic carbocycles. The van der Waals surface area contributed by atoms with E-state index < -0.39 is 5.91 Å². The van der Waals surface area contributed by atoms with Crippen molar-refractivity contribution < 1.29 is 9.59 Å². The van der Waals surface area contributed by atoms with Gasteiger partial charge in [-0.15, -0.1) is 0 Å². The third-order valence-corrected chi connectivity index (χ3v) is 3.12. The second kappa shape index (κ2) is 12.8. The van der Waals surface area contributed by atoms with Gasteiger partial charge in [-0.25, -0.2) is 4.99 Å². The maximum Gasteiger partial charge on any atom is 0.268 e. The highest BCUT2D eigenvalue weighted by atomic mass is 32.2. The number of primary amides is 1. The molecule has 0 aliphatic rings. The number of aromatic nitrogens is 2. The Morgan fingerprint density at radius 3 is 2.28 bits per heavy atom. The lowest BCUT2D eigenvalue weighted by Gasteiger charge is -2.06. The van der Waals surface area contributed by atoms with Crippen molar-refractivity contribution in [3.63, 3.8) is 0 Å². The van der Waals surface area contributed by atoms with Gasteiger partial charge in [-0.1, -0.05) is 57.7 Å². The minimum absolute atomic E-state index is 0.0931. The van der Waals surface area contributed by atoms with Crippen LogP contribution in [0.3, 0.4) is 0 Å². The molecule has 1 aromatic carbocycles. The summed E-state index contributed by atoms with van der Waals surface area (Å²) in [5.41, 5.74) is 6.08. The molecule has 0 saturated carbocycles. The molecule has 7 nitrogen and oxygen atoms in total. The van der Waals surface area contributed by atoms with Gasteiger partial charge in [0, 0.05) is 5.56 Å². The summed E-state index contributed by atoms with van der Waals surface area (Å²) in [7, 11) is 0. The number of hydrogen-bond donors (Lipinski definition) is 3. The molecule has 0 spiro atoms. The van der Waals surface area contributed by atoms with Gasteiger partial charge in [-0.2, -0.15) is 5.10 Å². The van der Waals surface area contributed by atoms with Crippen molar-refractivity contribution >= 4 is 34.4 Å². The summed E-state index contributed by atoms with van der Waals surface area (Å²) in [6.07, 6.45) is 3.12.